The number of aromatic nitrogens is 2. The summed E-state index contributed by atoms with van der Waals surface area (Å²) in [7, 11) is 0. The predicted molar refractivity (Wildman–Crippen MR) is 115 cm³/mol. The first-order valence-corrected chi connectivity index (χ1v) is 10.8. The Morgan fingerprint density at radius 2 is 2.00 bits per heavy atom. The first kappa shape index (κ1) is 18.5. The number of aromatic amines is 1. The maximum Gasteiger partial charge on any atom is 0.260 e. The third kappa shape index (κ3) is 3.28. The molecule has 150 valence electrons. The van der Waals surface area contributed by atoms with E-state index < -0.39 is 0 Å². The summed E-state index contributed by atoms with van der Waals surface area (Å²) < 4.78 is 0. The molecule has 6 nitrogen and oxygen atoms in total. The molecule has 0 saturated carbocycles. The molecule has 7 heteroatoms. The van der Waals surface area contributed by atoms with E-state index in [0.29, 0.717) is 24.2 Å². The average Bonchev–Trinajstić information content (AvgIpc) is 3.33. The largest absolute Gasteiger partial charge is 0.355 e. The quantitative estimate of drug-likeness (QED) is 0.698. The van der Waals surface area contributed by atoms with E-state index in [4.69, 9.17) is 4.98 Å². The molecular weight excluding hydrogens is 384 g/mol. The number of nitrogens with one attached hydrogen (secondary N) is 2. The monoisotopic (exact) mass is 408 g/mol. The molecule has 5 rings (SSSR count). The number of rotatable bonds is 3. The third-order valence-electron chi connectivity index (χ3n) is 6.21. The molecule has 1 aromatic carbocycles. The molecule has 2 saturated heterocycles. The first-order valence-electron chi connectivity index (χ1n) is 10.0. The Bertz CT molecular complexity index is 1160. The van der Waals surface area contributed by atoms with Crippen molar-refractivity contribution in [2.75, 3.05) is 19.6 Å². The highest BCUT2D eigenvalue weighted by molar-refractivity contribution is 7.19. The fourth-order valence-corrected chi connectivity index (χ4v) is 5.79. The smallest absolute Gasteiger partial charge is 0.260 e. The van der Waals surface area contributed by atoms with Crippen molar-refractivity contribution in [1.29, 1.82) is 0 Å². The minimum Gasteiger partial charge on any atom is -0.355 e. The summed E-state index contributed by atoms with van der Waals surface area (Å²) in [4.78, 5) is 36.6. The fraction of sp³-hybridized carbons (Fsp3) is 0.409. The number of amides is 1. The lowest BCUT2D eigenvalue weighted by Gasteiger charge is -2.21. The van der Waals surface area contributed by atoms with E-state index in [2.05, 4.69) is 53.3 Å². The van der Waals surface area contributed by atoms with Gasteiger partial charge in [0.15, 0.2) is 0 Å². The van der Waals surface area contributed by atoms with Gasteiger partial charge in [0, 0.05) is 35.4 Å². The van der Waals surface area contributed by atoms with Crippen molar-refractivity contribution in [3.05, 3.63) is 50.9 Å². The molecule has 1 spiro atoms. The molecule has 2 aliphatic heterocycles. The van der Waals surface area contributed by atoms with Crippen molar-refractivity contribution in [2.24, 2.45) is 5.41 Å². The van der Waals surface area contributed by atoms with Gasteiger partial charge in [-0.2, -0.15) is 0 Å². The summed E-state index contributed by atoms with van der Waals surface area (Å²) >= 11 is 1.58. The Balaban J connectivity index is 1.45. The van der Waals surface area contributed by atoms with Crippen LogP contribution in [-0.2, 0) is 11.3 Å². The topological polar surface area (TPSA) is 78.1 Å². The summed E-state index contributed by atoms with van der Waals surface area (Å²) in [6.07, 6.45) is 1.62. The van der Waals surface area contributed by atoms with E-state index in [9.17, 15) is 9.59 Å². The number of aryl methyl sites for hydroxylation is 2. The van der Waals surface area contributed by atoms with Crippen LogP contribution in [0.4, 0.5) is 0 Å². The maximum atomic E-state index is 13.0. The number of H-pyrrole nitrogens is 1. The Labute approximate surface area is 173 Å². The highest BCUT2D eigenvalue weighted by Gasteiger charge is 2.43. The second-order valence-corrected chi connectivity index (χ2v) is 9.71. The molecule has 0 bridgehead atoms. The lowest BCUT2D eigenvalue weighted by atomic mass is 9.86. The Morgan fingerprint density at radius 3 is 2.72 bits per heavy atom. The molecule has 4 heterocycles. The highest BCUT2D eigenvalue weighted by atomic mass is 32.1. The Kier molecular flexibility index (Phi) is 4.33. The van der Waals surface area contributed by atoms with E-state index >= 15 is 0 Å². The Morgan fingerprint density at radius 1 is 1.21 bits per heavy atom. The molecule has 2 fully saturated rings. The van der Waals surface area contributed by atoms with Gasteiger partial charge in [-0.05, 0) is 32.4 Å². The number of nitrogens with zero attached hydrogens (tertiary/aromatic N) is 2. The van der Waals surface area contributed by atoms with Gasteiger partial charge in [-0.3, -0.25) is 14.5 Å². The van der Waals surface area contributed by atoms with Crippen LogP contribution in [0.5, 0.6) is 0 Å². The number of hydrogen-bond donors (Lipinski definition) is 2. The first-order chi connectivity index (χ1) is 13.9. The van der Waals surface area contributed by atoms with Crippen molar-refractivity contribution in [2.45, 2.75) is 33.2 Å². The molecule has 29 heavy (non-hydrogen) atoms. The molecule has 1 unspecified atom stereocenters. The Hall–Kier alpha value is -2.51. The highest BCUT2D eigenvalue weighted by Crippen LogP contribution is 2.38. The maximum absolute atomic E-state index is 13.0. The summed E-state index contributed by atoms with van der Waals surface area (Å²) in [5.41, 5.74) is 3.22. The van der Waals surface area contributed by atoms with E-state index in [1.807, 2.05) is 0 Å². The zero-order chi connectivity index (χ0) is 20.2. The van der Waals surface area contributed by atoms with Gasteiger partial charge < -0.3 is 10.3 Å². The third-order valence-corrected chi connectivity index (χ3v) is 7.21. The van der Waals surface area contributed by atoms with E-state index in [1.165, 1.54) is 5.56 Å². The van der Waals surface area contributed by atoms with Gasteiger partial charge in [-0.1, -0.05) is 29.8 Å². The van der Waals surface area contributed by atoms with Gasteiger partial charge in [-0.25, -0.2) is 4.98 Å². The zero-order valence-electron chi connectivity index (χ0n) is 16.7. The van der Waals surface area contributed by atoms with Crippen LogP contribution in [0.2, 0.25) is 0 Å². The van der Waals surface area contributed by atoms with Crippen LogP contribution in [0.25, 0.3) is 21.3 Å². The van der Waals surface area contributed by atoms with Crippen molar-refractivity contribution < 1.29 is 4.79 Å². The van der Waals surface area contributed by atoms with Crippen LogP contribution in [0.3, 0.4) is 0 Å². The van der Waals surface area contributed by atoms with Crippen molar-refractivity contribution in [3.63, 3.8) is 0 Å². The number of benzene rings is 1. The molecule has 0 radical (unpaired) electrons. The lowest BCUT2D eigenvalue weighted by molar-refractivity contribution is -0.119. The van der Waals surface area contributed by atoms with Crippen molar-refractivity contribution in [3.8, 4) is 11.1 Å². The van der Waals surface area contributed by atoms with Crippen LogP contribution < -0.4 is 10.9 Å². The minimum atomic E-state index is -0.0726. The SMILES string of the molecule is Cc1ccc(-c2c(C)sc3nc(CN4CCC5(CNC(=O)C5)C4)[nH]c(=O)c23)cc1. The summed E-state index contributed by atoms with van der Waals surface area (Å²) in [6, 6.07) is 8.27. The van der Waals surface area contributed by atoms with Gasteiger partial charge in [0.1, 0.15) is 10.7 Å². The molecular formula is C22H24N4O2S. The van der Waals surface area contributed by atoms with E-state index in [-0.39, 0.29) is 16.9 Å². The van der Waals surface area contributed by atoms with Gasteiger partial charge >= 0.3 is 0 Å². The molecule has 2 aromatic heterocycles. The summed E-state index contributed by atoms with van der Waals surface area (Å²) in [5.74, 6) is 0.853. The average molecular weight is 409 g/mol. The standard InChI is InChI=1S/C22H24N4O2S/c1-13-3-5-15(6-4-13)18-14(2)29-21-19(18)20(28)24-16(25-21)10-26-8-7-22(12-26)9-17(27)23-11-22/h3-6H,7-12H2,1-2H3,(H,23,27)(H,24,25,28). The number of likely N-dealkylation sites (tertiary alicyclic amines) is 1. The van der Waals surface area contributed by atoms with Crippen molar-refractivity contribution in [1.82, 2.24) is 20.2 Å². The van der Waals surface area contributed by atoms with Crippen molar-refractivity contribution >= 4 is 27.5 Å². The molecule has 0 aliphatic carbocycles. The van der Waals surface area contributed by atoms with E-state index in [1.54, 1.807) is 11.3 Å². The van der Waals surface area contributed by atoms with Crippen LogP contribution in [0.15, 0.2) is 29.1 Å². The van der Waals surface area contributed by atoms with Crippen LogP contribution in [-0.4, -0.2) is 40.4 Å². The molecule has 1 atom stereocenters. The number of carbonyl (C=O) groups is 1. The summed E-state index contributed by atoms with van der Waals surface area (Å²) in [6.45, 7) is 7.27. The fourth-order valence-electron chi connectivity index (χ4n) is 4.72. The van der Waals surface area contributed by atoms with Crippen LogP contribution >= 0.6 is 11.3 Å². The lowest BCUT2D eigenvalue weighted by Crippen LogP contribution is -2.29. The van der Waals surface area contributed by atoms with Crippen LogP contribution in [0.1, 0.15) is 29.1 Å². The van der Waals surface area contributed by atoms with E-state index in [0.717, 1.165) is 46.9 Å². The predicted octanol–water partition coefficient (Wildman–Crippen LogP) is 2.98. The van der Waals surface area contributed by atoms with Gasteiger partial charge in [0.05, 0.1) is 11.9 Å². The number of fused-ring (bicyclic) bond motifs is 1. The van der Waals surface area contributed by atoms with Crippen LogP contribution in [0, 0.1) is 19.3 Å². The molecule has 3 aromatic rings. The molecule has 2 aliphatic rings. The zero-order valence-corrected chi connectivity index (χ0v) is 17.5. The molecule has 2 N–H and O–H groups in total. The second kappa shape index (κ2) is 6.78. The number of carbonyl (C=O) groups excluding carboxylic acids is 1. The summed E-state index contributed by atoms with van der Waals surface area (Å²) in [5, 5.41) is 3.64. The number of thiophene rings is 1. The number of hydrogen-bond acceptors (Lipinski definition) is 5. The van der Waals surface area contributed by atoms with Gasteiger partial charge in [0.25, 0.3) is 5.56 Å². The molecule has 1 amide bonds. The second-order valence-electron chi connectivity index (χ2n) is 8.51. The van der Waals surface area contributed by atoms with Gasteiger partial charge in [-0.15, -0.1) is 11.3 Å². The normalized spacial score (nSPS) is 22.1. The van der Waals surface area contributed by atoms with Gasteiger partial charge in [0.2, 0.25) is 5.91 Å². The minimum absolute atomic E-state index is 0.0552.